The number of carboxylic acids is 1. The smallest absolute Gasteiger partial charge is 0.313 e. The van der Waals surface area contributed by atoms with Crippen LogP contribution in [-0.2, 0) is 21.4 Å². The molecule has 0 heterocycles. The molecule has 0 spiro atoms. The molecule has 0 fully saturated rings. The number of hydrogen-bond acceptors (Lipinski definition) is 2. The van der Waals surface area contributed by atoms with Crippen molar-refractivity contribution >= 4 is 17.6 Å². The SMILES string of the molecule is CC(C)(C(=O)O)c1ccc(NC(=O)CCc2ccc(F)cc2)cc1. The second-order valence-corrected chi connectivity index (χ2v) is 6.18. The van der Waals surface area contributed by atoms with Gasteiger partial charge in [-0.05, 0) is 55.7 Å². The number of nitrogens with one attached hydrogen (secondary N) is 1. The number of halogens is 1. The van der Waals surface area contributed by atoms with Gasteiger partial charge in [0.2, 0.25) is 5.91 Å². The van der Waals surface area contributed by atoms with Crippen molar-refractivity contribution in [1.29, 1.82) is 0 Å². The fraction of sp³-hybridized carbons (Fsp3) is 0.263. The van der Waals surface area contributed by atoms with Crippen LogP contribution in [0.3, 0.4) is 0 Å². The van der Waals surface area contributed by atoms with Gasteiger partial charge in [-0.2, -0.15) is 0 Å². The van der Waals surface area contributed by atoms with Crippen LogP contribution in [0, 0.1) is 5.82 Å². The van der Waals surface area contributed by atoms with Crippen LogP contribution < -0.4 is 5.32 Å². The third-order valence-electron chi connectivity index (χ3n) is 3.98. The Kier molecular flexibility index (Phi) is 5.34. The van der Waals surface area contributed by atoms with Gasteiger partial charge in [-0.3, -0.25) is 9.59 Å². The molecule has 4 nitrogen and oxygen atoms in total. The number of anilines is 1. The number of carbonyl (C=O) groups excluding carboxylic acids is 1. The zero-order valence-corrected chi connectivity index (χ0v) is 13.7. The Labute approximate surface area is 140 Å². The molecule has 1 amide bonds. The van der Waals surface area contributed by atoms with E-state index in [4.69, 9.17) is 0 Å². The minimum absolute atomic E-state index is 0.149. The third kappa shape index (κ3) is 4.41. The molecule has 0 aliphatic rings. The molecular weight excluding hydrogens is 309 g/mol. The van der Waals surface area contributed by atoms with Crippen LogP contribution in [0.2, 0.25) is 0 Å². The second-order valence-electron chi connectivity index (χ2n) is 6.18. The summed E-state index contributed by atoms with van der Waals surface area (Å²) in [6.07, 6.45) is 0.810. The van der Waals surface area contributed by atoms with E-state index in [0.29, 0.717) is 17.7 Å². The molecule has 2 aromatic rings. The topological polar surface area (TPSA) is 66.4 Å². The maximum Gasteiger partial charge on any atom is 0.313 e. The van der Waals surface area contributed by atoms with E-state index in [0.717, 1.165) is 5.56 Å². The van der Waals surface area contributed by atoms with Gasteiger partial charge in [0.05, 0.1) is 5.41 Å². The van der Waals surface area contributed by atoms with Gasteiger partial charge >= 0.3 is 5.97 Å². The van der Waals surface area contributed by atoms with Gasteiger partial charge in [0.1, 0.15) is 5.82 Å². The van der Waals surface area contributed by atoms with E-state index in [-0.39, 0.29) is 18.1 Å². The molecule has 0 unspecified atom stereocenters. The summed E-state index contributed by atoms with van der Waals surface area (Å²) < 4.78 is 12.8. The van der Waals surface area contributed by atoms with Gasteiger partial charge in [-0.25, -0.2) is 4.39 Å². The number of aryl methyl sites for hydroxylation is 1. The van der Waals surface area contributed by atoms with E-state index >= 15 is 0 Å². The number of carbonyl (C=O) groups is 2. The van der Waals surface area contributed by atoms with Crippen LogP contribution in [0.25, 0.3) is 0 Å². The van der Waals surface area contributed by atoms with Crippen LogP contribution >= 0.6 is 0 Å². The molecular formula is C19H20FNO3. The molecule has 0 radical (unpaired) electrons. The molecule has 0 bridgehead atoms. The van der Waals surface area contributed by atoms with E-state index in [1.165, 1.54) is 12.1 Å². The number of benzene rings is 2. The number of carboxylic acid groups (broad SMARTS) is 1. The van der Waals surface area contributed by atoms with Crippen molar-refractivity contribution in [1.82, 2.24) is 0 Å². The van der Waals surface area contributed by atoms with Gasteiger partial charge < -0.3 is 10.4 Å². The number of rotatable bonds is 6. The Bertz CT molecular complexity index is 721. The van der Waals surface area contributed by atoms with Crippen molar-refractivity contribution in [2.45, 2.75) is 32.1 Å². The van der Waals surface area contributed by atoms with Crippen molar-refractivity contribution < 1.29 is 19.1 Å². The first kappa shape index (κ1) is 17.7. The molecule has 2 rings (SSSR count). The van der Waals surface area contributed by atoms with Crippen LogP contribution in [0.4, 0.5) is 10.1 Å². The van der Waals surface area contributed by atoms with Gasteiger partial charge in [0.15, 0.2) is 0 Å². The summed E-state index contributed by atoms with van der Waals surface area (Å²) in [6.45, 7) is 3.26. The highest BCUT2D eigenvalue weighted by atomic mass is 19.1. The third-order valence-corrected chi connectivity index (χ3v) is 3.98. The highest BCUT2D eigenvalue weighted by Crippen LogP contribution is 2.24. The lowest BCUT2D eigenvalue weighted by Crippen LogP contribution is -2.28. The van der Waals surface area contributed by atoms with Crippen molar-refractivity contribution in [2.24, 2.45) is 0 Å². The summed E-state index contributed by atoms with van der Waals surface area (Å²) in [7, 11) is 0. The molecule has 0 aliphatic carbocycles. The highest BCUT2D eigenvalue weighted by molar-refractivity contribution is 5.91. The first-order chi connectivity index (χ1) is 11.3. The second kappa shape index (κ2) is 7.25. The lowest BCUT2D eigenvalue weighted by atomic mass is 9.85. The Balaban J connectivity index is 1.92. The summed E-state index contributed by atoms with van der Waals surface area (Å²) in [5, 5.41) is 12.0. The molecule has 0 saturated heterocycles. The average molecular weight is 329 g/mol. The minimum atomic E-state index is -0.981. The summed E-state index contributed by atoms with van der Waals surface area (Å²) in [5.74, 6) is -1.35. The maximum atomic E-state index is 12.8. The average Bonchev–Trinajstić information content (AvgIpc) is 2.54. The van der Waals surface area contributed by atoms with Crippen molar-refractivity contribution in [3.05, 3.63) is 65.5 Å². The molecule has 2 N–H and O–H groups in total. The Hall–Kier alpha value is -2.69. The molecule has 0 aliphatic heterocycles. The highest BCUT2D eigenvalue weighted by Gasteiger charge is 2.29. The largest absolute Gasteiger partial charge is 0.481 e. The van der Waals surface area contributed by atoms with E-state index in [1.54, 1.807) is 50.2 Å². The normalized spacial score (nSPS) is 11.1. The van der Waals surface area contributed by atoms with E-state index in [1.807, 2.05) is 0 Å². The predicted octanol–water partition coefficient (Wildman–Crippen LogP) is 3.76. The monoisotopic (exact) mass is 329 g/mol. The first-order valence-electron chi connectivity index (χ1n) is 7.67. The molecule has 126 valence electrons. The number of hydrogen-bond donors (Lipinski definition) is 2. The standard InChI is InChI=1S/C19H20FNO3/c1-19(2,18(23)24)14-6-10-16(11-7-14)21-17(22)12-5-13-3-8-15(20)9-4-13/h3-4,6-11H,5,12H2,1-2H3,(H,21,22)(H,23,24). The van der Waals surface area contributed by atoms with Gasteiger partial charge in [0.25, 0.3) is 0 Å². The first-order valence-corrected chi connectivity index (χ1v) is 7.67. The minimum Gasteiger partial charge on any atom is -0.481 e. The fourth-order valence-electron chi connectivity index (χ4n) is 2.23. The van der Waals surface area contributed by atoms with Gasteiger partial charge in [-0.1, -0.05) is 24.3 Å². The van der Waals surface area contributed by atoms with E-state index in [9.17, 15) is 19.1 Å². The van der Waals surface area contributed by atoms with Crippen molar-refractivity contribution in [2.75, 3.05) is 5.32 Å². The lowest BCUT2D eigenvalue weighted by Gasteiger charge is -2.19. The van der Waals surface area contributed by atoms with E-state index in [2.05, 4.69) is 5.32 Å². The molecule has 0 atom stereocenters. The zero-order chi connectivity index (χ0) is 17.7. The fourth-order valence-corrected chi connectivity index (χ4v) is 2.23. The summed E-state index contributed by atoms with van der Waals surface area (Å²) in [4.78, 5) is 23.2. The molecule has 5 heteroatoms. The van der Waals surface area contributed by atoms with Crippen LogP contribution in [-0.4, -0.2) is 17.0 Å². The Morgan fingerprint density at radius 2 is 1.62 bits per heavy atom. The zero-order valence-electron chi connectivity index (χ0n) is 13.7. The lowest BCUT2D eigenvalue weighted by molar-refractivity contribution is -0.142. The predicted molar refractivity (Wildman–Crippen MR) is 90.5 cm³/mol. The van der Waals surface area contributed by atoms with Gasteiger partial charge in [-0.15, -0.1) is 0 Å². The van der Waals surface area contributed by atoms with Crippen LogP contribution in [0.5, 0.6) is 0 Å². The van der Waals surface area contributed by atoms with Crippen LogP contribution in [0.1, 0.15) is 31.4 Å². The molecule has 0 aromatic heterocycles. The maximum absolute atomic E-state index is 12.8. The number of amides is 1. The van der Waals surface area contributed by atoms with Crippen molar-refractivity contribution in [3.63, 3.8) is 0 Å². The van der Waals surface area contributed by atoms with Crippen LogP contribution in [0.15, 0.2) is 48.5 Å². The Morgan fingerprint density at radius 1 is 1.04 bits per heavy atom. The molecule has 0 saturated carbocycles. The molecule has 24 heavy (non-hydrogen) atoms. The quantitative estimate of drug-likeness (QED) is 0.848. The Morgan fingerprint density at radius 3 is 2.17 bits per heavy atom. The number of aliphatic carboxylic acids is 1. The molecule has 2 aromatic carbocycles. The summed E-state index contributed by atoms with van der Waals surface area (Å²) >= 11 is 0. The summed E-state index contributed by atoms with van der Waals surface area (Å²) in [6, 6.07) is 12.8. The summed E-state index contributed by atoms with van der Waals surface area (Å²) in [5.41, 5.74) is 1.19. The van der Waals surface area contributed by atoms with E-state index < -0.39 is 11.4 Å². The van der Waals surface area contributed by atoms with Gasteiger partial charge in [0, 0.05) is 12.1 Å². The van der Waals surface area contributed by atoms with Crippen molar-refractivity contribution in [3.8, 4) is 0 Å².